The average molecular weight is 513 g/mol. The molecule has 0 unspecified atom stereocenters. The summed E-state index contributed by atoms with van der Waals surface area (Å²) in [6, 6.07) is 15.6. The molecule has 1 aliphatic carbocycles. The smallest absolute Gasteiger partial charge is 0.297 e. The van der Waals surface area contributed by atoms with E-state index in [-0.39, 0.29) is 17.3 Å². The molecule has 35 heavy (non-hydrogen) atoms. The molecule has 1 heterocycles. The molecule has 1 N–H and O–H groups in total. The monoisotopic (exact) mass is 512 g/mol. The molecule has 184 valence electrons. The van der Waals surface area contributed by atoms with Gasteiger partial charge < -0.3 is 5.32 Å². The normalized spacial score (nSPS) is 15.5. The van der Waals surface area contributed by atoms with Crippen LogP contribution in [0.15, 0.2) is 65.7 Å². The maximum Gasteiger partial charge on any atom is 0.297 e. The van der Waals surface area contributed by atoms with Crippen molar-refractivity contribution < 1.29 is 17.4 Å². The largest absolute Gasteiger partial charge is 0.349 e. The van der Waals surface area contributed by atoms with E-state index in [0.717, 1.165) is 41.6 Å². The van der Waals surface area contributed by atoms with Gasteiger partial charge in [-0.25, -0.2) is 0 Å². The van der Waals surface area contributed by atoms with Crippen molar-refractivity contribution in [1.29, 1.82) is 0 Å². The lowest BCUT2D eigenvalue weighted by Crippen LogP contribution is -2.47. The van der Waals surface area contributed by atoms with Gasteiger partial charge in [-0.05, 0) is 62.6 Å². The fraction of sp³-hybridized carbons (Fsp3) is 0.333. The van der Waals surface area contributed by atoms with E-state index in [2.05, 4.69) is 10.3 Å². The van der Waals surface area contributed by atoms with Crippen LogP contribution < -0.4 is 5.32 Å². The van der Waals surface area contributed by atoms with Gasteiger partial charge in [0.1, 0.15) is 5.60 Å². The molecule has 2 aromatic carbocycles. The van der Waals surface area contributed by atoms with Crippen LogP contribution >= 0.6 is 11.6 Å². The Balaban J connectivity index is 1.53. The molecule has 1 aromatic heterocycles. The topological polar surface area (TPSA) is 85.4 Å². The number of pyridine rings is 1. The van der Waals surface area contributed by atoms with Crippen LogP contribution in [-0.4, -0.2) is 31.5 Å². The maximum atomic E-state index is 13.1. The van der Waals surface area contributed by atoms with E-state index in [0.29, 0.717) is 23.4 Å². The molecule has 1 fully saturated rings. The second kappa shape index (κ2) is 10.5. The number of nitrogens with one attached hydrogen (secondary N) is 1. The molecular weight excluding hydrogens is 484 g/mol. The number of benzene rings is 2. The molecule has 1 saturated carbocycles. The SMILES string of the molecule is Cc1ccc(S(=O)(=O)OC2(CNC(=O)c3cc(-c4ccc(C)cn4)ccc3Cl)CCCCC2)cc1. The van der Waals surface area contributed by atoms with Gasteiger partial charge in [-0.3, -0.25) is 14.0 Å². The lowest BCUT2D eigenvalue weighted by molar-refractivity contribution is 0.0355. The molecule has 0 radical (unpaired) electrons. The van der Waals surface area contributed by atoms with Crippen molar-refractivity contribution >= 4 is 27.6 Å². The van der Waals surface area contributed by atoms with Gasteiger partial charge in [0.2, 0.25) is 0 Å². The summed E-state index contributed by atoms with van der Waals surface area (Å²) in [7, 11) is -3.99. The quantitative estimate of drug-likeness (QED) is 0.401. The van der Waals surface area contributed by atoms with Gasteiger partial charge in [-0.15, -0.1) is 0 Å². The predicted molar refractivity (Wildman–Crippen MR) is 137 cm³/mol. The van der Waals surface area contributed by atoms with E-state index in [4.69, 9.17) is 15.8 Å². The molecule has 0 saturated heterocycles. The van der Waals surface area contributed by atoms with Crippen LogP contribution in [0.25, 0.3) is 11.3 Å². The Morgan fingerprint density at radius 3 is 2.34 bits per heavy atom. The predicted octanol–water partition coefficient (Wildman–Crippen LogP) is 5.86. The lowest BCUT2D eigenvalue weighted by atomic mass is 9.85. The number of hydrogen-bond acceptors (Lipinski definition) is 5. The molecule has 0 aliphatic heterocycles. The van der Waals surface area contributed by atoms with Crippen molar-refractivity contribution in [2.24, 2.45) is 0 Å². The van der Waals surface area contributed by atoms with Gasteiger partial charge in [0.25, 0.3) is 16.0 Å². The third-order valence-corrected chi connectivity index (χ3v) is 8.10. The summed E-state index contributed by atoms with van der Waals surface area (Å²) in [5.74, 6) is -0.384. The first-order valence-electron chi connectivity index (χ1n) is 11.7. The Labute approximate surface area is 211 Å². The number of halogens is 1. The summed E-state index contributed by atoms with van der Waals surface area (Å²) in [6.45, 7) is 3.92. The highest BCUT2D eigenvalue weighted by molar-refractivity contribution is 7.86. The molecule has 4 rings (SSSR count). The van der Waals surface area contributed by atoms with Crippen molar-refractivity contribution in [3.05, 3.63) is 82.5 Å². The van der Waals surface area contributed by atoms with Crippen LogP contribution in [0.1, 0.15) is 53.6 Å². The Kier molecular flexibility index (Phi) is 7.59. The first-order chi connectivity index (χ1) is 16.7. The van der Waals surface area contributed by atoms with Crippen LogP contribution in [-0.2, 0) is 14.3 Å². The van der Waals surface area contributed by atoms with Gasteiger partial charge >= 0.3 is 0 Å². The average Bonchev–Trinajstić information content (AvgIpc) is 2.84. The summed E-state index contributed by atoms with van der Waals surface area (Å²) in [5, 5.41) is 3.20. The number of rotatable bonds is 7. The van der Waals surface area contributed by atoms with Crippen LogP contribution in [0.5, 0.6) is 0 Å². The summed E-state index contributed by atoms with van der Waals surface area (Å²) >= 11 is 6.35. The third-order valence-electron chi connectivity index (χ3n) is 6.35. The zero-order valence-corrected chi connectivity index (χ0v) is 21.5. The molecule has 6 nitrogen and oxygen atoms in total. The van der Waals surface area contributed by atoms with Gasteiger partial charge in [0, 0.05) is 18.3 Å². The van der Waals surface area contributed by atoms with E-state index >= 15 is 0 Å². The van der Waals surface area contributed by atoms with E-state index in [9.17, 15) is 13.2 Å². The van der Waals surface area contributed by atoms with E-state index in [1.54, 1.807) is 42.6 Å². The zero-order chi connectivity index (χ0) is 25.1. The van der Waals surface area contributed by atoms with Crippen molar-refractivity contribution in [2.75, 3.05) is 6.54 Å². The molecule has 8 heteroatoms. The number of aromatic nitrogens is 1. The molecule has 1 aliphatic rings. The van der Waals surface area contributed by atoms with Crippen LogP contribution in [0, 0.1) is 13.8 Å². The van der Waals surface area contributed by atoms with Gasteiger partial charge in [-0.2, -0.15) is 8.42 Å². The molecule has 1 amide bonds. The van der Waals surface area contributed by atoms with Crippen molar-refractivity contribution in [3.8, 4) is 11.3 Å². The fourth-order valence-corrected chi connectivity index (χ4v) is 5.77. The zero-order valence-electron chi connectivity index (χ0n) is 19.9. The van der Waals surface area contributed by atoms with Crippen LogP contribution in [0.3, 0.4) is 0 Å². The van der Waals surface area contributed by atoms with E-state index in [1.807, 2.05) is 32.0 Å². The number of nitrogens with zero attached hydrogens (tertiary/aromatic N) is 1. The highest BCUT2D eigenvalue weighted by atomic mass is 35.5. The first-order valence-corrected chi connectivity index (χ1v) is 13.5. The second-order valence-corrected chi connectivity index (χ2v) is 11.1. The minimum atomic E-state index is -3.99. The van der Waals surface area contributed by atoms with E-state index < -0.39 is 15.7 Å². The van der Waals surface area contributed by atoms with Crippen molar-refractivity contribution in [3.63, 3.8) is 0 Å². The summed E-state index contributed by atoms with van der Waals surface area (Å²) in [6.07, 6.45) is 5.51. The van der Waals surface area contributed by atoms with E-state index in [1.165, 1.54) is 0 Å². The minimum absolute atomic E-state index is 0.0697. The summed E-state index contributed by atoms with van der Waals surface area (Å²) in [4.78, 5) is 17.7. The van der Waals surface area contributed by atoms with Crippen molar-refractivity contribution in [2.45, 2.75) is 56.4 Å². The summed E-state index contributed by atoms with van der Waals surface area (Å²) in [5.41, 5.74) is 2.81. The number of hydrogen-bond donors (Lipinski definition) is 1. The van der Waals surface area contributed by atoms with Gasteiger partial charge in [0.15, 0.2) is 0 Å². The first kappa shape index (κ1) is 25.4. The fourth-order valence-electron chi connectivity index (χ4n) is 4.31. The number of amides is 1. The molecular formula is C27H29ClN2O4S. The standard InChI is InChI=1S/C27H29ClN2O4S/c1-19-6-10-22(11-7-19)35(32,33)34-27(14-4-3-5-15-27)18-30-26(31)23-16-21(9-12-24(23)28)25-13-8-20(2)17-29-25/h6-13,16-17H,3-5,14-15,18H2,1-2H3,(H,30,31). The highest BCUT2D eigenvalue weighted by Gasteiger charge is 2.39. The van der Waals surface area contributed by atoms with Crippen LogP contribution in [0.4, 0.5) is 0 Å². The van der Waals surface area contributed by atoms with Crippen molar-refractivity contribution in [1.82, 2.24) is 10.3 Å². The highest BCUT2D eigenvalue weighted by Crippen LogP contribution is 2.35. The molecule has 0 spiro atoms. The lowest BCUT2D eigenvalue weighted by Gasteiger charge is -2.36. The third kappa shape index (κ3) is 6.10. The molecule has 3 aromatic rings. The number of carbonyl (C=O) groups is 1. The number of carbonyl (C=O) groups excluding carboxylic acids is 1. The Bertz CT molecular complexity index is 1300. The second-order valence-electron chi connectivity index (χ2n) is 9.19. The molecule has 0 bridgehead atoms. The Hall–Kier alpha value is -2.74. The minimum Gasteiger partial charge on any atom is -0.349 e. The summed E-state index contributed by atoms with van der Waals surface area (Å²) < 4.78 is 31.9. The van der Waals surface area contributed by atoms with Gasteiger partial charge in [-0.1, -0.05) is 60.7 Å². The maximum absolute atomic E-state index is 13.1. The van der Waals surface area contributed by atoms with Gasteiger partial charge in [0.05, 0.1) is 21.2 Å². The van der Waals surface area contributed by atoms with Crippen LogP contribution in [0.2, 0.25) is 5.02 Å². The Morgan fingerprint density at radius 2 is 1.69 bits per heavy atom. The molecule has 0 atom stereocenters. The number of aryl methyl sites for hydroxylation is 2. The Morgan fingerprint density at radius 1 is 1.00 bits per heavy atom.